The molecule has 4 unspecified atom stereocenters. The third-order valence-electron chi connectivity index (χ3n) is 18.0. The van der Waals surface area contributed by atoms with Crippen LogP contribution in [0.4, 0.5) is 0 Å². The van der Waals surface area contributed by atoms with Crippen molar-refractivity contribution in [2.75, 3.05) is 0 Å². The first-order valence-corrected chi connectivity index (χ1v) is 21.4. The van der Waals surface area contributed by atoms with Gasteiger partial charge in [0.15, 0.2) is 0 Å². The van der Waals surface area contributed by atoms with E-state index in [0.717, 1.165) is 8.11 Å². The second-order valence-electron chi connectivity index (χ2n) is 19.0. The summed E-state index contributed by atoms with van der Waals surface area (Å²) in [5.41, 5.74) is 0. The minimum Gasteiger partial charge on any atom is 0 e. The van der Waals surface area contributed by atoms with Crippen LogP contribution in [0.1, 0.15) is 83.1 Å². The van der Waals surface area contributed by atoms with E-state index in [1.165, 1.54) is 38.5 Å². The van der Waals surface area contributed by atoms with Gasteiger partial charge in [0, 0.05) is 20.4 Å². The maximum absolute atomic E-state index is 3.47. The van der Waals surface area contributed by atoms with Crippen LogP contribution in [0.25, 0.3) is 0 Å². The van der Waals surface area contributed by atoms with Crippen LogP contribution in [0.5, 0.6) is 0 Å². The van der Waals surface area contributed by atoms with Gasteiger partial charge in [-0.05, 0) is 0 Å². The maximum Gasteiger partial charge on any atom is 0 e. The molecule has 0 saturated carbocycles. The average molecular weight is 581 g/mol. The average Bonchev–Trinajstić information content (AvgIpc) is 3.36. The van der Waals surface area contributed by atoms with E-state index in [9.17, 15) is 0 Å². The second kappa shape index (κ2) is 2.19. The Kier molecular flexibility index (Phi) is 1.41. The molecule has 10 aliphatic heterocycles. The van der Waals surface area contributed by atoms with Crippen LogP contribution in [-0.2, 0) is 26.9 Å². The molecule has 4 heteroatoms. The predicted octanol–water partition coefficient (Wildman–Crippen LogP) is 9.35. The molecule has 0 aromatic heterocycles. The van der Waals surface area contributed by atoms with Crippen LogP contribution in [-0.4, -0.2) is 28.7 Å². The molecule has 176 valence electrons. The van der Waals surface area contributed by atoms with Gasteiger partial charge in [0.2, 0.25) is 0 Å². The van der Waals surface area contributed by atoms with Crippen molar-refractivity contribution in [1.82, 2.24) is 0 Å². The van der Waals surface area contributed by atoms with Crippen molar-refractivity contribution in [3.05, 3.63) is 0 Å². The fraction of sp³-hybridized carbons (Fsp3) is 1.00. The molecule has 0 N–H and O–H groups in total. The number of hydrogen-bond donors (Lipinski definition) is 0. The van der Waals surface area contributed by atoms with Gasteiger partial charge in [-0.1, -0.05) is 0 Å². The standard InChI is InChI=1S/C21H39P2.C5H5.Fe.Pd/c1-18(2,3)22(19(4,5)6)16-14-13-15-17(16)23(20(7,8)9)21(10,11)12;1-2-4-5-3-1;;/h13-15H,1-12H3;1-5H;;. The van der Waals surface area contributed by atoms with Crippen molar-refractivity contribution in [3.63, 3.8) is 0 Å². The summed E-state index contributed by atoms with van der Waals surface area (Å²) in [6.45, 7) is 28.9. The number of hydrogen-bond acceptors (Lipinski definition) is 0. The first-order valence-electron chi connectivity index (χ1n) is 12.5. The van der Waals surface area contributed by atoms with Crippen LogP contribution in [0.15, 0.2) is 0 Å². The molecule has 0 radical (unpaired) electrons. The molecule has 0 aliphatic carbocycles. The summed E-state index contributed by atoms with van der Waals surface area (Å²) >= 11 is 0. The summed E-state index contributed by atoms with van der Waals surface area (Å²) in [6.07, 6.45) is 0. The molecular weight excluding hydrogens is 536 g/mol. The Hall–Kier alpha value is 2.04. The van der Waals surface area contributed by atoms with E-state index in [1.54, 1.807) is 0 Å². The largest absolute Gasteiger partial charge is 0 e. The SMILES string of the molecule is CC(C)(C)P(C(C)(C)C)[C]12[CH]3[CH]4[CH]5[C]1(P(C(C)(C)C)C(C)(C)C)[Fe]43521678[CH]2[CH]1[CH]6[CH]7[CH]28.[Pd]. The zero-order valence-corrected chi connectivity index (χ0v) is 25.6. The monoisotopic (exact) mass is 580 g/mol. The molecule has 0 bridgehead atoms. The molecule has 0 amide bonds. The van der Waals surface area contributed by atoms with Gasteiger partial charge in [-0.25, -0.2) is 0 Å². The Morgan fingerprint density at radius 2 is 0.700 bits per heavy atom. The van der Waals surface area contributed by atoms with E-state index in [2.05, 4.69) is 83.1 Å². The van der Waals surface area contributed by atoms with Crippen LogP contribution < -0.4 is 0 Å². The quantitative estimate of drug-likeness (QED) is 0.226. The zero-order valence-electron chi connectivity index (χ0n) is 21.2. The van der Waals surface area contributed by atoms with E-state index in [-0.39, 0.29) is 36.3 Å². The Morgan fingerprint density at radius 3 is 0.833 bits per heavy atom. The Labute approximate surface area is 192 Å². The third kappa shape index (κ3) is 0.361. The van der Waals surface area contributed by atoms with Crippen molar-refractivity contribution in [3.8, 4) is 0 Å². The molecule has 1 spiro atoms. The molecule has 10 aliphatic rings. The molecule has 10 saturated heterocycles. The normalized spacial score (nSPS) is 77.7. The Morgan fingerprint density at radius 1 is 0.467 bits per heavy atom. The van der Waals surface area contributed by atoms with Gasteiger partial charge in [-0.3, -0.25) is 0 Å². The molecule has 10 rings (SSSR count). The summed E-state index contributed by atoms with van der Waals surface area (Å²) in [6, 6.07) is 0. The van der Waals surface area contributed by atoms with Crippen molar-refractivity contribution in [1.29, 1.82) is 0 Å². The van der Waals surface area contributed by atoms with E-state index < -0.39 is 6.51 Å². The summed E-state index contributed by atoms with van der Waals surface area (Å²) in [4.78, 5) is 11.4. The van der Waals surface area contributed by atoms with Crippen molar-refractivity contribution < 1.29 is 26.9 Å². The number of rotatable bonds is 2. The van der Waals surface area contributed by atoms with E-state index >= 15 is 0 Å². The fourth-order valence-corrected chi connectivity index (χ4v) is 133. The Bertz CT molecular complexity index is 1220. The van der Waals surface area contributed by atoms with Crippen molar-refractivity contribution >= 4 is 15.8 Å². The minimum atomic E-state index is -3.47. The first-order chi connectivity index (χ1) is 12.7. The van der Waals surface area contributed by atoms with Gasteiger partial charge in [0.05, 0.1) is 0 Å². The van der Waals surface area contributed by atoms with Crippen LogP contribution >= 0.6 is 15.8 Å². The molecule has 4 atom stereocenters. The summed E-state index contributed by atoms with van der Waals surface area (Å²) in [7, 11) is 0.161. The van der Waals surface area contributed by atoms with Gasteiger partial charge in [-0.2, -0.15) is 0 Å². The molecular formula is C26H44FeP2Pd. The van der Waals surface area contributed by atoms with Gasteiger partial charge >= 0.3 is 173 Å². The second-order valence-corrected chi connectivity index (χ2v) is 51.2. The minimum absolute atomic E-state index is 0. The van der Waals surface area contributed by atoms with Gasteiger partial charge in [0.1, 0.15) is 0 Å². The molecule has 0 nitrogen and oxygen atoms in total. The number of fused-ring (bicyclic) bond motifs is 10. The summed E-state index contributed by atoms with van der Waals surface area (Å²) in [5, 5.41) is 2.15. The molecule has 0 aromatic carbocycles. The van der Waals surface area contributed by atoms with Gasteiger partial charge in [0.25, 0.3) is 0 Å². The van der Waals surface area contributed by atoms with E-state index in [4.69, 9.17) is 0 Å². The molecule has 0 aromatic rings. The molecule has 30 heavy (non-hydrogen) atoms. The van der Waals surface area contributed by atoms with Gasteiger partial charge < -0.3 is 0 Å². The van der Waals surface area contributed by atoms with Crippen LogP contribution in [0.2, 0.25) is 38.5 Å². The third-order valence-corrected chi connectivity index (χ3v) is 77.0. The van der Waals surface area contributed by atoms with Crippen LogP contribution in [0, 0.1) is 0 Å². The fourth-order valence-electron chi connectivity index (χ4n) is 21.5. The summed E-state index contributed by atoms with van der Waals surface area (Å²) < 4.78 is 2.01. The summed E-state index contributed by atoms with van der Waals surface area (Å²) in [5.74, 6) is 0. The topological polar surface area (TPSA) is 0 Å². The molecule has 10 fully saturated rings. The van der Waals surface area contributed by atoms with Gasteiger partial charge in [-0.15, -0.1) is 0 Å². The first kappa shape index (κ1) is 19.3. The van der Waals surface area contributed by atoms with E-state index in [0.29, 0.717) is 20.6 Å². The smallest absolute Gasteiger partial charge is 0 e. The maximum atomic E-state index is 2.69. The van der Waals surface area contributed by atoms with Crippen molar-refractivity contribution in [2.24, 2.45) is 0 Å². The van der Waals surface area contributed by atoms with Crippen molar-refractivity contribution in [2.45, 2.75) is 150 Å². The van der Waals surface area contributed by atoms with E-state index in [1.807, 2.05) is 0 Å². The Balaban J connectivity index is 0.00000144. The zero-order chi connectivity index (χ0) is 21.1. The predicted molar refractivity (Wildman–Crippen MR) is 128 cm³/mol. The van der Waals surface area contributed by atoms with Crippen LogP contribution in [0.3, 0.4) is 0 Å². The molecule has 10 heterocycles.